The van der Waals surface area contributed by atoms with E-state index in [0.29, 0.717) is 11.4 Å². The van der Waals surface area contributed by atoms with Crippen LogP contribution in [0.3, 0.4) is 0 Å². The van der Waals surface area contributed by atoms with Gasteiger partial charge in [-0.05, 0) is 6.42 Å². The Morgan fingerprint density at radius 1 is 1.67 bits per heavy atom. The van der Waals surface area contributed by atoms with E-state index in [1.807, 2.05) is 6.92 Å². The lowest BCUT2D eigenvalue weighted by Gasteiger charge is -1.94. The predicted molar refractivity (Wildman–Crippen MR) is 47.4 cm³/mol. The van der Waals surface area contributed by atoms with Crippen LogP contribution in [0.25, 0.3) is 0 Å². The van der Waals surface area contributed by atoms with E-state index in [0.717, 1.165) is 24.1 Å². The molecule has 1 aromatic heterocycles. The second-order valence-electron chi connectivity index (χ2n) is 2.56. The van der Waals surface area contributed by atoms with Crippen molar-refractivity contribution in [3.8, 4) is 0 Å². The number of aromatic nitrogens is 2. The molecule has 0 saturated heterocycles. The molecule has 0 aliphatic heterocycles. The highest BCUT2D eigenvalue weighted by molar-refractivity contribution is 6.32. The molecule has 1 heterocycles. The summed E-state index contributed by atoms with van der Waals surface area (Å²) in [5, 5.41) is 4.80. The molecule has 1 aromatic rings. The molecule has 66 valence electrons. The Bertz CT molecular complexity index is 293. The summed E-state index contributed by atoms with van der Waals surface area (Å²) < 4.78 is 1.66. The Morgan fingerprint density at radius 3 is 2.75 bits per heavy atom. The van der Waals surface area contributed by atoms with Gasteiger partial charge in [-0.2, -0.15) is 5.10 Å². The van der Waals surface area contributed by atoms with Crippen LogP contribution in [-0.4, -0.2) is 16.1 Å². The van der Waals surface area contributed by atoms with Crippen molar-refractivity contribution < 1.29 is 4.79 Å². The highest BCUT2D eigenvalue weighted by Gasteiger charge is 2.11. The Kier molecular flexibility index (Phi) is 2.87. The molecule has 3 nitrogen and oxygen atoms in total. The van der Waals surface area contributed by atoms with E-state index in [9.17, 15) is 4.79 Å². The molecule has 0 unspecified atom stereocenters. The van der Waals surface area contributed by atoms with Crippen molar-refractivity contribution in [2.75, 3.05) is 0 Å². The standard InChI is InChI=1S/C8H11ClN2O/c1-3-6-8(9)7(4-5-12)11(2)10-6/h5H,3-4H2,1-2H3. The maximum atomic E-state index is 10.3. The number of carbonyl (C=O) groups is 1. The van der Waals surface area contributed by atoms with Crippen molar-refractivity contribution in [3.05, 3.63) is 16.4 Å². The summed E-state index contributed by atoms with van der Waals surface area (Å²) in [6.07, 6.45) is 1.97. The van der Waals surface area contributed by atoms with Crippen LogP contribution in [0.4, 0.5) is 0 Å². The molecule has 0 saturated carbocycles. The molecule has 0 radical (unpaired) electrons. The monoisotopic (exact) mass is 186 g/mol. The average molecular weight is 187 g/mol. The lowest BCUT2D eigenvalue weighted by Crippen LogP contribution is -1.98. The van der Waals surface area contributed by atoms with E-state index >= 15 is 0 Å². The molecule has 0 bridgehead atoms. The summed E-state index contributed by atoms with van der Waals surface area (Å²) >= 11 is 5.97. The van der Waals surface area contributed by atoms with Gasteiger partial charge in [0, 0.05) is 13.5 Å². The summed E-state index contributed by atoms with van der Waals surface area (Å²) in [5.41, 5.74) is 1.65. The highest BCUT2D eigenvalue weighted by atomic mass is 35.5. The minimum atomic E-state index is 0.336. The van der Waals surface area contributed by atoms with Gasteiger partial charge in [-0.1, -0.05) is 18.5 Å². The van der Waals surface area contributed by atoms with Gasteiger partial charge in [-0.3, -0.25) is 4.68 Å². The quantitative estimate of drug-likeness (QED) is 0.669. The van der Waals surface area contributed by atoms with Gasteiger partial charge in [0.25, 0.3) is 0 Å². The molecule has 12 heavy (non-hydrogen) atoms. The number of aldehydes is 1. The van der Waals surface area contributed by atoms with Crippen molar-refractivity contribution >= 4 is 17.9 Å². The number of halogens is 1. The highest BCUT2D eigenvalue weighted by Crippen LogP contribution is 2.20. The molecule has 0 aromatic carbocycles. The SMILES string of the molecule is CCc1nn(C)c(CC=O)c1Cl. The maximum Gasteiger partial charge on any atom is 0.125 e. The Hall–Kier alpha value is -0.830. The fraction of sp³-hybridized carbons (Fsp3) is 0.500. The summed E-state index contributed by atoms with van der Waals surface area (Å²) in [6, 6.07) is 0. The second-order valence-corrected chi connectivity index (χ2v) is 2.93. The minimum absolute atomic E-state index is 0.336. The fourth-order valence-electron chi connectivity index (χ4n) is 1.12. The Labute approximate surface area is 76.3 Å². The van der Waals surface area contributed by atoms with Crippen molar-refractivity contribution in [3.63, 3.8) is 0 Å². The van der Waals surface area contributed by atoms with Crippen molar-refractivity contribution in [1.82, 2.24) is 9.78 Å². The van der Waals surface area contributed by atoms with E-state index in [-0.39, 0.29) is 0 Å². The number of hydrogen-bond acceptors (Lipinski definition) is 2. The third-order valence-electron chi connectivity index (χ3n) is 1.78. The van der Waals surface area contributed by atoms with Gasteiger partial charge in [0.15, 0.2) is 0 Å². The number of aryl methyl sites for hydroxylation is 2. The van der Waals surface area contributed by atoms with E-state index in [2.05, 4.69) is 5.10 Å². The molecule has 0 aliphatic carbocycles. The first-order valence-corrected chi connectivity index (χ1v) is 4.22. The van der Waals surface area contributed by atoms with Gasteiger partial charge in [-0.25, -0.2) is 0 Å². The van der Waals surface area contributed by atoms with Gasteiger partial charge in [0.2, 0.25) is 0 Å². The Balaban J connectivity index is 3.09. The molecular weight excluding hydrogens is 176 g/mol. The third kappa shape index (κ3) is 1.50. The zero-order chi connectivity index (χ0) is 9.14. The van der Waals surface area contributed by atoms with E-state index < -0.39 is 0 Å². The minimum Gasteiger partial charge on any atom is -0.303 e. The van der Waals surface area contributed by atoms with Gasteiger partial charge in [-0.15, -0.1) is 0 Å². The van der Waals surface area contributed by atoms with Crippen LogP contribution in [0.15, 0.2) is 0 Å². The predicted octanol–water partition coefficient (Wildman–Crippen LogP) is 1.38. The largest absolute Gasteiger partial charge is 0.303 e. The lowest BCUT2D eigenvalue weighted by molar-refractivity contribution is -0.107. The van der Waals surface area contributed by atoms with Crippen LogP contribution in [-0.2, 0) is 24.7 Å². The molecule has 0 fully saturated rings. The first kappa shape index (κ1) is 9.26. The number of hydrogen-bond donors (Lipinski definition) is 0. The van der Waals surface area contributed by atoms with Gasteiger partial charge in [0.05, 0.1) is 16.4 Å². The van der Waals surface area contributed by atoms with E-state index in [1.54, 1.807) is 11.7 Å². The summed E-state index contributed by atoms with van der Waals surface area (Å²) in [6.45, 7) is 1.99. The van der Waals surface area contributed by atoms with Crippen LogP contribution in [0.1, 0.15) is 18.3 Å². The van der Waals surface area contributed by atoms with Crippen molar-refractivity contribution in [2.45, 2.75) is 19.8 Å². The second kappa shape index (κ2) is 3.72. The van der Waals surface area contributed by atoms with Gasteiger partial charge in [0.1, 0.15) is 6.29 Å². The molecule has 0 amide bonds. The van der Waals surface area contributed by atoms with Crippen LogP contribution in [0.5, 0.6) is 0 Å². The van der Waals surface area contributed by atoms with Crippen molar-refractivity contribution in [2.24, 2.45) is 7.05 Å². The molecule has 0 spiro atoms. The van der Waals surface area contributed by atoms with Crippen molar-refractivity contribution in [1.29, 1.82) is 0 Å². The normalized spacial score (nSPS) is 10.2. The number of rotatable bonds is 3. The van der Waals surface area contributed by atoms with Crippen LogP contribution < -0.4 is 0 Å². The smallest absolute Gasteiger partial charge is 0.125 e. The molecule has 0 N–H and O–H groups in total. The zero-order valence-corrected chi connectivity index (χ0v) is 7.93. The average Bonchev–Trinajstić information content (AvgIpc) is 2.32. The van der Waals surface area contributed by atoms with Crippen LogP contribution in [0.2, 0.25) is 5.02 Å². The molecular formula is C8H11ClN2O. The van der Waals surface area contributed by atoms with E-state index in [1.165, 1.54) is 0 Å². The fourth-order valence-corrected chi connectivity index (χ4v) is 1.49. The maximum absolute atomic E-state index is 10.3. The van der Waals surface area contributed by atoms with E-state index in [4.69, 9.17) is 11.6 Å². The lowest BCUT2D eigenvalue weighted by atomic mass is 10.2. The number of carbonyl (C=O) groups excluding carboxylic acids is 1. The molecule has 0 atom stereocenters. The summed E-state index contributed by atoms with van der Waals surface area (Å²) in [5.74, 6) is 0. The Morgan fingerprint density at radius 2 is 2.33 bits per heavy atom. The van der Waals surface area contributed by atoms with Crippen LogP contribution in [0, 0.1) is 0 Å². The van der Waals surface area contributed by atoms with Crippen LogP contribution >= 0.6 is 11.6 Å². The molecule has 0 aliphatic rings. The first-order chi connectivity index (χ1) is 5.70. The summed E-state index contributed by atoms with van der Waals surface area (Å²) in [7, 11) is 1.80. The topological polar surface area (TPSA) is 34.9 Å². The third-order valence-corrected chi connectivity index (χ3v) is 2.22. The molecule has 4 heteroatoms. The number of nitrogens with zero attached hydrogens (tertiary/aromatic N) is 2. The zero-order valence-electron chi connectivity index (χ0n) is 7.17. The van der Waals surface area contributed by atoms with Gasteiger partial charge < -0.3 is 4.79 Å². The summed E-state index contributed by atoms with van der Waals surface area (Å²) in [4.78, 5) is 10.3. The molecule has 1 rings (SSSR count). The first-order valence-electron chi connectivity index (χ1n) is 3.84. The van der Waals surface area contributed by atoms with Gasteiger partial charge >= 0.3 is 0 Å².